The Bertz CT molecular complexity index is 224. The maximum absolute atomic E-state index is 8.89. The highest BCUT2D eigenvalue weighted by Gasteiger charge is 2.27. The Kier molecular flexibility index (Phi) is 5.32. The van der Waals surface area contributed by atoms with Crippen molar-refractivity contribution in [3.63, 3.8) is 0 Å². The molecule has 0 aromatic heterocycles. The molecule has 0 aliphatic rings. The molecule has 0 bridgehead atoms. The number of rotatable bonds is 6. The number of allylic oxidation sites excluding steroid dienone is 2. The summed E-state index contributed by atoms with van der Waals surface area (Å²) in [5.74, 6) is 0. The van der Waals surface area contributed by atoms with Crippen LogP contribution in [0.3, 0.4) is 0 Å². The van der Waals surface area contributed by atoms with Crippen LogP contribution in [0.2, 0.25) is 0 Å². The van der Waals surface area contributed by atoms with Crippen molar-refractivity contribution in [2.24, 2.45) is 5.41 Å². The minimum Gasteiger partial charge on any atom is -0.197 e. The van der Waals surface area contributed by atoms with Crippen LogP contribution in [0.1, 0.15) is 25.7 Å². The van der Waals surface area contributed by atoms with E-state index < -0.39 is 5.41 Å². The van der Waals surface area contributed by atoms with E-state index in [0.29, 0.717) is 25.7 Å². The average molecular weight is 174 g/mol. The van der Waals surface area contributed by atoms with Crippen molar-refractivity contribution in [2.45, 2.75) is 25.7 Å². The highest BCUT2D eigenvalue weighted by molar-refractivity contribution is 5.14. The Hall–Kier alpha value is -1.54. The molecule has 0 aliphatic heterocycles. The topological polar surface area (TPSA) is 47.6 Å². The minimum absolute atomic E-state index is 0.567. The molecule has 0 radical (unpaired) electrons. The molecular formula is C11H14N2. The molecule has 0 atom stereocenters. The van der Waals surface area contributed by atoms with Crippen LogP contribution in [0.5, 0.6) is 0 Å². The van der Waals surface area contributed by atoms with Crippen LogP contribution >= 0.6 is 0 Å². The molecule has 0 aromatic carbocycles. The van der Waals surface area contributed by atoms with Gasteiger partial charge in [0.1, 0.15) is 5.41 Å². The van der Waals surface area contributed by atoms with Crippen LogP contribution in [0.25, 0.3) is 0 Å². The van der Waals surface area contributed by atoms with E-state index in [-0.39, 0.29) is 0 Å². The van der Waals surface area contributed by atoms with Gasteiger partial charge in [-0.1, -0.05) is 12.2 Å². The number of nitriles is 2. The van der Waals surface area contributed by atoms with E-state index in [1.54, 1.807) is 12.2 Å². The fraction of sp³-hybridized carbons (Fsp3) is 0.455. The lowest BCUT2D eigenvalue weighted by atomic mass is 9.82. The molecule has 0 saturated carbocycles. The maximum Gasteiger partial charge on any atom is 0.144 e. The summed E-state index contributed by atoms with van der Waals surface area (Å²) in [5, 5.41) is 17.8. The van der Waals surface area contributed by atoms with Gasteiger partial charge < -0.3 is 0 Å². The van der Waals surface area contributed by atoms with Gasteiger partial charge in [0, 0.05) is 0 Å². The standard InChI is InChI=1S/C11H14N2/c1-3-5-7-11(9-12,10-13)8-6-4-2/h3-4H,1-2,5-8H2. The van der Waals surface area contributed by atoms with Gasteiger partial charge in [-0.2, -0.15) is 10.5 Å². The molecule has 0 unspecified atom stereocenters. The Morgan fingerprint density at radius 2 is 1.38 bits per heavy atom. The summed E-state index contributed by atoms with van der Waals surface area (Å²) in [6.07, 6.45) is 6.01. The second-order valence-electron chi connectivity index (χ2n) is 2.96. The lowest BCUT2D eigenvalue weighted by Gasteiger charge is -2.15. The van der Waals surface area contributed by atoms with E-state index in [1.165, 1.54) is 0 Å². The molecule has 0 N–H and O–H groups in total. The molecule has 0 amide bonds. The van der Waals surface area contributed by atoms with Gasteiger partial charge in [0.15, 0.2) is 0 Å². The minimum atomic E-state index is -0.845. The molecule has 2 nitrogen and oxygen atoms in total. The van der Waals surface area contributed by atoms with Crippen LogP contribution in [0.15, 0.2) is 25.3 Å². The number of hydrogen-bond donors (Lipinski definition) is 0. The molecule has 0 aliphatic carbocycles. The monoisotopic (exact) mass is 174 g/mol. The highest BCUT2D eigenvalue weighted by atomic mass is 14.4. The Balaban J connectivity index is 4.34. The zero-order valence-corrected chi connectivity index (χ0v) is 7.79. The van der Waals surface area contributed by atoms with Crippen LogP contribution in [0, 0.1) is 28.1 Å². The van der Waals surface area contributed by atoms with E-state index in [4.69, 9.17) is 10.5 Å². The molecule has 68 valence electrons. The van der Waals surface area contributed by atoms with E-state index >= 15 is 0 Å². The van der Waals surface area contributed by atoms with Gasteiger partial charge >= 0.3 is 0 Å². The Labute approximate surface area is 79.8 Å². The summed E-state index contributed by atoms with van der Waals surface area (Å²) in [6.45, 7) is 7.15. The zero-order valence-electron chi connectivity index (χ0n) is 7.79. The van der Waals surface area contributed by atoms with Gasteiger partial charge in [0.05, 0.1) is 12.1 Å². The van der Waals surface area contributed by atoms with Crippen molar-refractivity contribution in [1.82, 2.24) is 0 Å². The molecule has 0 saturated heterocycles. The average Bonchev–Trinajstić information content (AvgIpc) is 2.20. The first kappa shape index (κ1) is 11.5. The first-order chi connectivity index (χ1) is 6.24. The number of hydrogen-bond acceptors (Lipinski definition) is 2. The van der Waals surface area contributed by atoms with Gasteiger partial charge in [-0.15, -0.1) is 13.2 Å². The fourth-order valence-electron chi connectivity index (χ4n) is 1.07. The van der Waals surface area contributed by atoms with Gasteiger partial charge in [-0.3, -0.25) is 0 Å². The smallest absolute Gasteiger partial charge is 0.144 e. The Morgan fingerprint density at radius 1 is 1.00 bits per heavy atom. The zero-order chi connectivity index (χ0) is 10.2. The van der Waals surface area contributed by atoms with Crippen molar-refractivity contribution in [3.8, 4) is 12.1 Å². The second kappa shape index (κ2) is 6.03. The van der Waals surface area contributed by atoms with Crippen LogP contribution < -0.4 is 0 Å². The van der Waals surface area contributed by atoms with E-state index in [9.17, 15) is 0 Å². The molecule has 0 rings (SSSR count). The first-order valence-electron chi connectivity index (χ1n) is 4.29. The number of nitrogens with zero attached hydrogens (tertiary/aromatic N) is 2. The summed E-state index contributed by atoms with van der Waals surface area (Å²) >= 11 is 0. The summed E-state index contributed by atoms with van der Waals surface area (Å²) in [6, 6.07) is 4.16. The largest absolute Gasteiger partial charge is 0.197 e. The lowest BCUT2D eigenvalue weighted by molar-refractivity contribution is 0.447. The van der Waals surface area contributed by atoms with Gasteiger partial charge in [0.2, 0.25) is 0 Å². The van der Waals surface area contributed by atoms with Crippen LogP contribution in [0.4, 0.5) is 0 Å². The van der Waals surface area contributed by atoms with Gasteiger partial charge in [0.25, 0.3) is 0 Å². The maximum atomic E-state index is 8.89. The summed E-state index contributed by atoms with van der Waals surface area (Å²) in [4.78, 5) is 0. The lowest BCUT2D eigenvalue weighted by Crippen LogP contribution is -2.15. The van der Waals surface area contributed by atoms with Crippen molar-refractivity contribution >= 4 is 0 Å². The second-order valence-corrected chi connectivity index (χ2v) is 2.96. The summed E-state index contributed by atoms with van der Waals surface area (Å²) in [7, 11) is 0. The third-order valence-electron chi connectivity index (χ3n) is 1.98. The quantitative estimate of drug-likeness (QED) is 0.581. The normalized spacial score (nSPS) is 9.69. The van der Waals surface area contributed by atoms with E-state index in [0.717, 1.165) is 0 Å². The van der Waals surface area contributed by atoms with Crippen molar-refractivity contribution in [2.75, 3.05) is 0 Å². The van der Waals surface area contributed by atoms with Crippen molar-refractivity contribution in [1.29, 1.82) is 10.5 Å². The van der Waals surface area contributed by atoms with Gasteiger partial charge in [-0.05, 0) is 25.7 Å². The SMILES string of the molecule is C=CCCC(C#N)(C#N)CCC=C. The molecule has 0 heterocycles. The van der Waals surface area contributed by atoms with Crippen molar-refractivity contribution in [3.05, 3.63) is 25.3 Å². The Morgan fingerprint density at radius 3 is 1.62 bits per heavy atom. The summed E-state index contributed by atoms with van der Waals surface area (Å²) in [5.41, 5.74) is -0.845. The van der Waals surface area contributed by atoms with E-state index in [2.05, 4.69) is 25.3 Å². The van der Waals surface area contributed by atoms with Gasteiger partial charge in [-0.25, -0.2) is 0 Å². The molecule has 13 heavy (non-hydrogen) atoms. The molecule has 0 aromatic rings. The molecule has 0 fully saturated rings. The first-order valence-corrected chi connectivity index (χ1v) is 4.29. The highest BCUT2D eigenvalue weighted by Crippen LogP contribution is 2.28. The summed E-state index contributed by atoms with van der Waals surface area (Å²) < 4.78 is 0. The molecule has 0 spiro atoms. The third-order valence-corrected chi connectivity index (χ3v) is 1.98. The third kappa shape index (κ3) is 3.58. The molecular weight excluding hydrogens is 160 g/mol. The predicted octanol–water partition coefficient (Wildman–Crippen LogP) is 2.95. The van der Waals surface area contributed by atoms with Crippen LogP contribution in [-0.2, 0) is 0 Å². The van der Waals surface area contributed by atoms with Crippen molar-refractivity contribution < 1.29 is 0 Å². The fourth-order valence-corrected chi connectivity index (χ4v) is 1.07. The molecule has 2 heteroatoms. The predicted molar refractivity (Wildman–Crippen MR) is 52.5 cm³/mol. The van der Waals surface area contributed by atoms with E-state index in [1.807, 2.05) is 0 Å². The van der Waals surface area contributed by atoms with Crippen LogP contribution in [-0.4, -0.2) is 0 Å².